The summed E-state index contributed by atoms with van der Waals surface area (Å²) >= 11 is 0. The minimum Gasteiger partial charge on any atom is -0.480 e. The number of likely N-dealkylation sites (tertiary alicyclic amines) is 1. The number of aliphatic carboxylic acids is 1. The lowest BCUT2D eigenvalue weighted by molar-refractivity contribution is -0.143. The van der Waals surface area contributed by atoms with E-state index in [1.807, 2.05) is 0 Å². The molecule has 2 aliphatic heterocycles. The van der Waals surface area contributed by atoms with Crippen molar-refractivity contribution in [3.8, 4) is 0 Å². The SMILES string of the molecule is CCCN1CCC2(CC1)OCC(C(=O)O)N2C(=O)c1ccc(F)c(F)c1. The van der Waals surface area contributed by atoms with Crippen LogP contribution in [0.1, 0.15) is 36.5 Å². The van der Waals surface area contributed by atoms with Gasteiger partial charge in [0.15, 0.2) is 17.7 Å². The summed E-state index contributed by atoms with van der Waals surface area (Å²) in [6.07, 6.45) is 1.96. The highest BCUT2D eigenvalue weighted by Crippen LogP contribution is 2.38. The predicted octanol–water partition coefficient (Wildman–Crippen LogP) is 2.09. The minimum absolute atomic E-state index is 0.0870. The van der Waals surface area contributed by atoms with Crippen molar-refractivity contribution in [3.05, 3.63) is 35.4 Å². The molecule has 2 heterocycles. The van der Waals surface area contributed by atoms with Crippen LogP contribution in [-0.4, -0.2) is 64.8 Å². The molecule has 2 fully saturated rings. The van der Waals surface area contributed by atoms with Crippen LogP contribution in [0.4, 0.5) is 8.78 Å². The lowest BCUT2D eigenvalue weighted by Gasteiger charge is -2.44. The lowest BCUT2D eigenvalue weighted by Crippen LogP contribution is -2.58. The van der Waals surface area contributed by atoms with E-state index >= 15 is 0 Å². The topological polar surface area (TPSA) is 70.1 Å². The van der Waals surface area contributed by atoms with Crippen LogP contribution in [0.5, 0.6) is 0 Å². The van der Waals surface area contributed by atoms with Gasteiger partial charge in [-0.05, 0) is 31.2 Å². The van der Waals surface area contributed by atoms with Crippen LogP contribution in [0.3, 0.4) is 0 Å². The van der Waals surface area contributed by atoms with Crippen LogP contribution < -0.4 is 0 Å². The maximum absolute atomic E-state index is 13.6. The van der Waals surface area contributed by atoms with Gasteiger partial charge in [-0.2, -0.15) is 0 Å². The molecule has 0 aliphatic carbocycles. The first-order valence-electron chi connectivity index (χ1n) is 8.76. The van der Waals surface area contributed by atoms with E-state index in [9.17, 15) is 23.5 Å². The lowest BCUT2D eigenvalue weighted by atomic mass is 9.96. The molecule has 1 amide bonds. The summed E-state index contributed by atoms with van der Waals surface area (Å²) in [5.41, 5.74) is -1.11. The molecule has 1 atom stereocenters. The van der Waals surface area contributed by atoms with Gasteiger partial charge in [-0.3, -0.25) is 9.69 Å². The molecule has 2 aliphatic rings. The van der Waals surface area contributed by atoms with E-state index in [0.717, 1.165) is 31.2 Å². The van der Waals surface area contributed by atoms with Gasteiger partial charge in [-0.1, -0.05) is 6.92 Å². The number of piperidine rings is 1. The minimum atomic E-state index is -1.17. The molecule has 1 unspecified atom stereocenters. The number of hydrogen-bond acceptors (Lipinski definition) is 4. The summed E-state index contributed by atoms with van der Waals surface area (Å²) < 4.78 is 32.6. The molecule has 142 valence electrons. The van der Waals surface area contributed by atoms with E-state index in [-0.39, 0.29) is 12.2 Å². The van der Waals surface area contributed by atoms with Gasteiger partial charge >= 0.3 is 5.97 Å². The Bertz CT molecular complexity index is 704. The van der Waals surface area contributed by atoms with Gasteiger partial charge in [0.1, 0.15) is 5.72 Å². The van der Waals surface area contributed by atoms with Crippen LogP contribution in [0.2, 0.25) is 0 Å². The quantitative estimate of drug-likeness (QED) is 0.881. The third-order valence-corrected chi connectivity index (χ3v) is 5.11. The first-order valence-corrected chi connectivity index (χ1v) is 8.76. The van der Waals surface area contributed by atoms with E-state index in [1.165, 1.54) is 4.90 Å². The zero-order valence-electron chi connectivity index (χ0n) is 14.6. The Kier molecular flexibility index (Phi) is 5.24. The number of rotatable bonds is 4. The van der Waals surface area contributed by atoms with Crippen molar-refractivity contribution in [2.75, 3.05) is 26.2 Å². The van der Waals surface area contributed by atoms with Crippen molar-refractivity contribution < 1.29 is 28.2 Å². The number of nitrogens with zero attached hydrogens (tertiary/aromatic N) is 2. The van der Waals surface area contributed by atoms with Crippen molar-refractivity contribution in [1.29, 1.82) is 0 Å². The fraction of sp³-hybridized carbons (Fsp3) is 0.556. The summed E-state index contributed by atoms with van der Waals surface area (Å²) in [5.74, 6) is -4.03. The number of ether oxygens (including phenoxy) is 1. The summed E-state index contributed by atoms with van der Waals surface area (Å²) in [6.45, 7) is 4.26. The largest absolute Gasteiger partial charge is 0.480 e. The van der Waals surface area contributed by atoms with Crippen LogP contribution in [-0.2, 0) is 9.53 Å². The Hall–Kier alpha value is -2.06. The molecular weight excluding hydrogens is 346 g/mol. The molecule has 8 heteroatoms. The fourth-order valence-electron chi connectivity index (χ4n) is 3.77. The van der Waals surface area contributed by atoms with E-state index in [4.69, 9.17) is 4.74 Å². The van der Waals surface area contributed by atoms with Gasteiger partial charge < -0.3 is 14.7 Å². The van der Waals surface area contributed by atoms with Gasteiger partial charge in [-0.15, -0.1) is 0 Å². The van der Waals surface area contributed by atoms with E-state index < -0.39 is 35.3 Å². The smallest absolute Gasteiger partial charge is 0.328 e. The molecule has 1 spiro atoms. The van der Waals surface area contributed by atoms with Gasteiger partial charge in [-0.25, -0.2) is 13.6 Å². The molecule has 26 heavy (non-hydrogen) atoms. The van der Waals surface area contributed by atoms with Crippen LogP contribution >= 0.6 is 0 Å². The maximum atomic E-state index is 13.6. The molecule has 6 nitrogen and oxygen atoms in total. The second-order valence-electron chi connectivity index (χ2n) is 6.76. The highest BCUT2D eigenvalue weighted by molar-refractivity contribution is 5.97. The van der Waals surface area contributed by atoms with Crippen molar-refractivity contribution in [2.45, 2.75) is 38.0 Å². The average Bonchev–Trinajstić information content (AvgIpc) is 2.98. The molecular formula is C18H22F2N2O4. The van der Waals surface area contributed by atoms with Crippen LogP contribution in [0.25, 0.3) is 0 Å². The summed E-state index contributed by atoms with van der Waals surface area (Å²) in [5, 5.41) is 9.51. The standard InChI is InChI=1S/C18H22F2N2O4/c1-2-7-21-8-5-18(6-9-21)22(15(11-26-18)17(24)25)16(23)12-3-4-13(19)14(20)10-12/h3-4,10,15H,2,5-9,11H2,1H3,(H,24,25). The number of hydrogen-bond donors (Lipinski definition) is 1. The van der Waals surface area contributed by atoms with E-state index in [0.29, 0.717) is 25.9 Å². The third-order valence-electron chi connectivity index (χ3n) is 5.11. The summed E-state index contributed by atoms with van der Waals surface area (Å²) in [4.78, 5) is 28.1. The van der Waals surface area contributed by atoms with Gasteiger partial charge in [0.25, 0.3) is 5.91 Å². The first kappa shape index (κ1) is 18.7. The third kappa shape index (κ3) is 3.31. The first-order chi connectivity index (χ1) is 12.4. The normalized spacial score (nSPS) is 22.7. The number of halogens is 2. The molecule has 0 saturated carbocycles. The second kappa shape index (κ2) is 7.28. The molecule has 1 aromatic carbocycles. The highest BCUT2D eigenvalue weighted by Gasteiger charge is 2.54. The number of carboxylic acids is 1. The number of benzene rings is 1. The molecule has 0 bridgehead atoms. The summed E-state index contributed by atoms with van der Waals surface area (Å²) in [6, 6.07) is 1.69. The molecule has 3 rings (SSSR count). The van der Waals surface area contributed by atoms with Crippen molar-refractivity contribution in [1.82, 2.24) is 9.80 Å². The fourth-order valence-corrected chi connectivity index (χ4v) is 3.77. The van der Waals surface area contributed by atoms with Crippen molar-refractivity contribution >= 4 is 11.9 Å². The summed E-state index contributed by atoms with van der Waals surface area (Å²) in [7, 11) is 0. The Morgan fingerprint density at radius 1 is 1.27 bits per heavy atom. The molecule has 0 aromatic heterocycles. The van der Waals surface area contributed by atoms with Crippen LogP contribution in [0.15, 0.2) is 18.2 Å². The van der Waals surface area contributed by atoms with Gasteiger partial charge in [0.05, 0.1) is 6.61 Å². The Balaban J connectivity index is 1.89. The zero-order chi connectivity index (χ0) is 18.9. The van der Waals surface area contributed by atoms with Gasteiger partial charge in [0, 0.05) is 31.5 Å². The monoisotopic (exact) mass is 368 g/mol. The van der Waals surface area contributed by atoms with Crippen molar-refractivity contribution in [2.24, 2.45) is 0 Å². The molecule has 0 radical (unpaired) electrons. The zero-order valence-corrected chi connectivity index (χ0v) is 14.6. The Morgan fingerprint density at radius 2 is 1.96 bits per heavy atom. The van der Waals surface area contributed by atoms with Crippen LogP contribution in [0, 0.1) is 11.6 Å². The predicted molar refractivity (Wildman–Crippen MR) is 88.6 cm³/mol. The molecule has 1 aromatic rings. The number of amides is 1. The second-order valence-corrected chi connectivity index (χ2v) is 6.76. The average molecular weight is 368 g/mol. The van der Waals surface area contributed by atoms with E-state index in [2.05, 4.69) is 11.8 Å². The van der Waals surface area contributed by atoms with E-state index in [1.54, 1.807) is 0 Å². The maximum Gasteiger partial charge on any atom is 0.328 e. The Morgan fingerprint density at radius 3 is 2.54 bits per heavy atom. The number of carboxylic acid groups (broad SMARTS) is 1. The number of carbonyl (C=O) groups is 2. The highest BCUT2D eigenvalue weighted by atomic mass is 19.2. The Labute approximate surface area is 150 Å². The molecule has 1 N–H and O–H groups in total. The number of carbonyl (C=O) groups excluding carboxylic acids is 1. The molecule has 2 saturated heterocycles. The van der Waals surface area contributed by atoms with Crippen molar-refractivity contribution in [3.63, 3.8) is 0 Å². The van der Waals surface area contributed by atoms with Gasteiger partial charge in [0.2, 0.25) is 0 Å².